The Morgan fingerprint density at radius 1 is 0.767 bits per heavy atom. The molecular weight excluding hydrogens is 378 g/mol. The molecule has 0 unspecified atom stereocenters. The third-order valence-electron chi connectivity index (χ3n) is 4.65. The van der Waals surface area contributed by atoms with Crippen molar-refractivity contribution in [3.63, 3.8) is 0 Å². The smallest absolute Gasteiger partial charge is 0.339 e. The largest absolute Gasteiger partial charge is 0.452 e. The summed E-state index contributed by atoms with van der Waals surface area (Å²) < 4.78 is 5.14. The molecule has 3 aromatic rings. The van der Waals surface area contributed by atoms with Crippen LogP contribution in [0.4, 0.5) is 0 Å². The number of aryl methyl sites for hydroxylation is 2. The molecule has 0 saturated carbocycles. The Labute approximate surface area is 175 Å². The van der Waals surface area contributed by atoms with E-state index in [1.807, 2.05) is 50.2 Å². The van der Waals surface area contributed by atoms with Crippen LogP contribution < -0.4 is 5.32 Å². The van der Waals surface area contributed by atoms with Gasteiger partial charge in [0, 0.05) is 17.7 Å². The molecule has 0 radical (unpaired) electrons. The van der Waals surface area contributed by atoms with Gasteiger partial charge >= 0.3 is 5.97 Å². The van der Waals surface area contributed by atoms with Crippen LogP contribution in [0.1, 0.15) is 43.0 Å². The fourth-order valence-corrected chi connectivity index (χ4v) is 2.89. The first-order valence-corrected chi connectivity index (χ1v) is 9.64. The zero-order valence-corrected chi connectivity index (χ0v) is 17.0. The highest BCUT2D eigenvalue weighted by Gasteiger charge is 2.19. The third kappa shape index (κ3) is 5.41. The quantitative estimate of drug-likeness (QED) is 0.480. The Bertz CT molecular complexity index is 1050. The van der Waals surface area contributed by atoms with Crippen LogP contribution >= 0.6 is 0 Å². The van der Waals surface area contributed by atoms with Gasteiger partial charge in [0.1, 0.15) is 0 Å². The number of ether oxygens (including phenoxy) is 1. The van der Waals surface area contributed by atoms with Gasteiger partial charge in [-0.3, -0.25) is 9.59 Å². The van der Waals surface area contributed by atoms with Crippen molar-refractivity contribution >= 4 is 17.7 Å². The van der Waals surface area contributed by atoms with Crippen LogP contribution in [0.3, 0.4) is 0 Å². The van der Waals surface area contributed by atoms with Crippen LogP contribution in [-0.2, 0) is 16.1 Å². The first-order chi connectivity index (χ1) is 14.4. The fraction of sp³-hybridized carbons (Fsp3) is 0.160. The van der Waals surface area contributed by atoms with Gasteiger partial charge < -0.3 is 10.1 Å². The molecule has 0 aromatic heterocycles. The van der Waals surface area contributed by atoms with Crippen molar-refractivity contribution in [1.29, 1.82) is 0 Å². The summed E-state index contributed by atoms with van der Waals surface area (Å²) in [6.45, 7) is 3.85. The molecule has 0 heterocycles. The Morgan fingerprint density at radius 2 is 1.33 bits per heavy atom. The highest BCUT2D eigenvalue weighted by molar-refractivity contribution is 6.14. The Balaban J connectivity index is 1.61. The van der Waals surface area contributed by atoms with Gasteiger partial charge in [0.2, 0.25) is 0 Å². The number of benzene rings is 3. The first-order valence-electron chi connectivity index (χ1n) is 9.64. The van der Waals surface area contributed by atoms with E-state index in [1.165, 1.54) is 6.07 Å². The zero-order chi connectivity index (χ0) is 21.5. The van der Waals surface area contributed by atoms with Crippen molar-refractivity contribution in [1.82, 2.24) is 5.32 Å². The topological polar surface area (TPSA) is 72.5 Å². The van der Waals surface area contributed by atoms with Gasteiger partial charge in [-0.25, -0.2) is 4.79 Å². The van der Waals surface area contributed by atoms with Gasteiger partial charge in [0.25, 0.3) is 5.91 Å². The van der Waals surface area contributed by atoms with Crippen LogP contribution in [0.5, 0.6) is 0 Å². The minimum atomic E-state index is -0.712. The summed E-state index contributed by atoms with van der Waals surface area (Å²) in [5, 5.41) is 2.71. The van der Waals surface area contributed by atoms with E-state index in [1.54, 1.807) is 30.3 Å². The molecule has 1 N–H and O–H groups in total. The Hall–Kier alpha value is -3.73. The SMILES string of the molecule is Cc1ccc(CNC(=O)COC(=O)c2ccccc2C(=O)c2ccc(C)cc2)cc1. The lowest BCUT2D eigenvalue weighted by atomic mass is 9.98. The lowest BCUT2D eigenvalue weighted by Gasteiger charge is -2.10. The predicted octanol–water partition coefficient (Wildman–Crippen LogP) is 4.01. The Kier molecular flexibility index (Phi) is 6.75. The minimum Gasteiger partial charge on any atom is -0.452 e. The van der Waals surface area contributed by atoms with E-state index in [0.29, 0.717) is 12.1 Å². The third-order valence-corrected chi connectivity index (χ3v) is 4.65. The predicted molar refractivity (Wildman–Crippen MR) is 114 cm³/mol. The van der Waals surface area contributed by atoms with Crippen molar-refractivity contribution in [2.75, 3.05) is 6.61 Å². The van der Waals surface area contributed by atoms with Gasteiger partial charge in [-0.2, -0.15) is 0 Å². The molecule has 1 amide bonds. The Morgan fingerprint density at radius 3 is 1.97 bits per heavy atom. The molecule has 0 fully saturated rings. The number of hydrogen-bond acceptors (Lipinski definition) is 4. The number of nitrogens with one attached hydrogen (secondary N) is 1. The van der Waals surface area contributed by atoms with E-state index >= 15 is 0 Å². The van der Waals surface area contributed by atoms with Crippen LogP contribution in [0.25, 0.3) is 0 Å². The highest BCUT2D eigenvalue weighted by Crippen LogP contribution is 2.16. The summed E-state index contributed by atoms with van der Waals surface area (Å²) in [6, 6.07) is 21.3. The fourth-order valence-electron chi connectivity index (χ4n) is 2.89. The van der Waals surface area contributed by atoms with E-state index < -0.39 is 18.5 Å². The number of carbonyl (C=O) groups is 3. The molecule has 30 heavy (non-hydrogen) atoms. The van der Waals surface area contributed by atoms with Crippen molar-refractivity contribution in [3.05, 3.63) is 106 Å². The van der Waals surface area contributed by atoms with Crippen molar-refractivity contribution < 1.29 is 19.1 Å². The van der Waals surface area contributed by atoms with Gasteiger partial charge in [-0.05, 0) is 25.5 Å². The maximum atomic E-state index is 12.8. The van der Waals surface area contributed by atoms with Gasteiger partial charge in [0.05, 0.1) is 5.56 Å². The van der Waals surface area contributed by atoms with E-state index in [9.17, 15) is 14.4 Å². The molecule has 0 saturated heterocycles. The molecule has 0 spiro atoms. The molecule has 152 valence electrons. The monoisotopic (exact) mass is 401 g/mol. The molecule has 3 rings (SSSR count). The van der Waals surface area contributed by atoms with Crippen molar-refractivity contribution in [2.24, 2.45) is 0 Å². The highest BCUT2D eigenvalue weighted by atomic mass is 16.5. The van der Waals surface area contributed by atoms with Gasteiger partial charge in [0.15, 0.2) is 12.4 Å². The second-order valence-electron chi connectivity index (χ2n) is 7.08. The van der Waals surface area contributed by atoms with E-state index in [-0.39, 0.29) is 16.9 Å². The average molecular weight is 401 g/mol. The first kappa shape index (κ1) is 21.0. The molecule has 0 aliphatic carbocycles. The number of carbonyl (C=O) groups excluding carboxylic acids is 3. The second-order valence-corrected chi connectivity index (χ2v) is 7.08. The molecule has 5 nitrogen and oxygen atoms in total. The summed E-state index contributed by atoms with van der Waals surface area (Å²) in [5.41, 5.74) is 3.99. The zero-order valence-electron chi connectivity index (χ0n) is 17.0. The summed E-state index contributed by atoms with van der Waals surface area (Å²) in [7, 11) is 0. The maximum absolute atomic E-state index is 12.8. The minimum absolute atomic E-state index is 0.134. The molecule has 0 bridgehead atoms. The van der Waals surface area contributed by atoms with E-state index in [0.717, 1.165) is 16.7 Å². The van der Waals surface area contributed by atoms with Crippen molar-refractivity contribution in [2.45, 2.75) is 20.4 Å². The van der Waals surface area contributed by atoms with Gasteiger partial charge in [-0.15, -0.1) is 0 Å². The summed E-state index contributed by atoms with van der Waals surface area (Å²) in [5.74, 6) is -1.39. The van der Waals surface area contributed by atoms with E-state index in [2.05, 4.69) is 5.32 Å². The second kappa shape index (κ2) is 9.65. The maximum Gasteiger partial charge on any atom is 0.339 e. The lowest BCUT2D eigenvalue weighted by molar-refractivity contribution is -0.124. The average Bonchev–Trinajstić information content (AvgIpc) is 2.77. The number of hydrogen-bond donors (Lipinski definition) is 1. The van der Waals surface area contributed by atoms with Crippen LogP contribution in [0.15, 0.2) is 72.8 Å². The standard InChI is InChI=1S/C25H23NO4/c1-17-7-11-19(12-8-17)15-26-23(27)16-30-25(29)22-6-4-3-5-21(22)24(28)20-13-9-18(2)10-14-20/h3-14H,15-16H2,1-2H3,(H,26,27). The number of ketones is 1. The van der Waals surface area contributed by atoms with Crippen LogP contribution in [0, 0.1) is 13.8 Å². The van der Waals surface area contributed by atoms with Crippen molar-refractivity contribution in [3.8, 4) is 0 Å². The number of amides is 1. The van der Waals surface area contributed by atoms with E-state index in [4.69, 9.17) is 4.74 Å². The molecular formula is C25H23NO4. The molecule has 3 aromatic carbocycles. The summed E-state index contributed by atoms with van der Waals surface area (Å²) >= 11 is 0. The molecule has 0 aliphatic heterocycles. The number of rotatable bonds is 7. The molecule has 5 heteroatoms. The van der Waals surface area contributed by atoms with Crippen LogP contribution in [-0.4, -0.2) is 24.3 Å². The normalized spacial score (nSPS) is 10.3. The van der Waals surface area contributed by atoms with Gasteiger partial charge in [-0.1, -0.05) is 77.9 Å². The molecule has 0 aliphatic rings. The summed E-state index contributed by atoms with van der Waals surface area (Å²) in [6.07, 6.45) is 0. The van der Waals surface area contributed by atoms with Crippen LogP contribution in [0.2, 0.25) is 0 Å². The summed E-state index contributed by atoms with van der Waals surface area (Å²) in [4.78, 5) is 37.4. The molecule has 0 atom stereocenters. The lowest BCUT2D eigenvalue weighted by Crippen LogP contribution is -2.28. The number of esters is 1.